The Bertz CT molecular complexity index is 706. The average molecular weight is 324 g/mol. The molecule has 0 spiro atoms. The van der Waals surface area contributed by atoms with Gasteiger partial charge >= 0.3 is 0 Å². The minimum absolute atomic E-state index is 0.0317. The summed E-state index contributed by atoms with van der Waals surface area (Å²) in [6, 6.07) is 11.4. The van der Waals surface area contributed by atoms with Crippen LogP contribution in [0.2, 0.25) is 0 Å². The van der Waals surface area contributed by atoms with Gasteiger partial charge in [0.25, 0.3) is 5.91 Å². The van der Waals surface area contributed by atoms with Crippen molar-refractivity contribution in [3.8, 4) is 11.1 Å². The number of nitrogen functional groups attached to an aromatic ring is 1. The lowest BCUT2D eigenvalue weighted by atomic mass is 10.0. The van der Waals surface area contributed by atoms with Crippen molar-refractivity contribution in [3.63, 3.8) is 0 Å². The second-order valence-electron chi connectivity index (χ2n) is 6.27. The Kier molecular flexibility index (Phi) is 5.11. The molecule has 2 aromatic rings. The van der Waals surface area contributed by atoms with Gasteiger partial charge in [-0.15, -0.1) is 0 Å². The average Bonchev–Trinajstić information content (AvgIpc) is 3.08. The highest BCUT2D eigenvalue weighted by Gasteiger charge is 2.12. The quantitative estimate of drug-likeness (QED) is 0.886. The van der Waals surface area contributed by atoms with E-state index in [1.807, 2.05) is 43.3 Å². The number of carbonyl (C=O) groups is 1. The number of pyridine rings is 1. The molecule has 1 aromatic carbocycles. The molecule has 0 saturated carbocycles. The SMILES string of the molecule is Cc1ccc(-c2ccc(C(=O)NCCN3CCCC3)cc2)c(N)n1. The highest BCUT2D eigenvalue weighted by Crippen LogP contribution is 2.24. The summed E-state index contributed by atoms with van der Waals surface area (Å²) in [5.41, 5.74) is 9.40. The molecule has 2 heterocycles. The second kappa shape index (κ2) is 7.45. The van der Waals surface area contributed by atoms with Crippen molar-refractivity contribution >= 4 is 11.7 Å². The van der Waals surface area contributed by atoms with E-state index in [1.165, 1.54) is 12.8 Å². The first-order chi connectivity index (χ1) is 11.6. The van der Waals surface area contributed by atoms with E-state index in [1.54, 1.807) is 0 Å². The molecule has 0 radical (unpaired) electrons. The lowest BCUT2D eigenvalue weighted by Gasteiger charge is -2.14. The number of hydrogen-bond donors (Lipinski definition) is 2. The molecule has 0 atom stereocenters. The number of hydrogen-bond acceptors (Lipinski definition) is 4. The highest BCUT2D eigenvalue weighted by molar-refractivity contribution is 5.94. The van der Waals surface area contributed by atoms with Gasteiger partial charge in [-0.2, -0.15) is 0 Å². The molecule has 1 fully saturated rings. The third-order valence-electron chi connectivity index (χ3n) is 4.43. The maximum absolute atomic E-state index is 12.2. The fourth-order valence-electron chi connectivity index (χ4n) is 3.06. The van der Waals surface area contributed by atoms with Crippen molar-refractivity contribution in [2.75, 3.05) is 31.9 Å². The topological polar surface area (TPSA) is 71.2 Å². The van der Waals surface area contributed by atoms with Crippen LogP contribution in [0.25, 0.3) is 11.1 Å². The summed E-state index contributed by atoms with van der Waals surface area (Å²) in [7, 11) is 0. The van der Waals surface area contributed by atoms with E-state index in [-0.39, 0.29) is 5.91 Å². The third-order valence-corrected chi connectivity index (χ3v) is 4.43. The number of carbonyl (C=O) groups excluding carboxylic acids is 1. The van der Waals surface area contributed by atoms with Crippen LogP contribution in [0.5, 0.6) is 0 Å². The Morgan fingerprint density at radius 2 is 1.88 bits per heavy atom. The molecular weight excluding hydrogens is 300 g/mol. The zero-order valence-electron chi connectivity index (χ0n) is 14.1. The number of nitrogens with two attached hydrogens (primary N) is 1. The molecule has 1 aromatic heterocycles. The van der Waals surface area contributed by atoms with Gasteiger partial charge < -0.3 is 16.0 Å². The summed E-state index contributed by atoms with van der Waals surface area (Å²) in [5.74, 6) is 0.480. The molecule has 0 bridgehead atoms. The number of benzene rings is 1. The molecule has 5 nitrogen and oxygen atoms in total. The standard InChI is InChI=1S/C19H24N4O/c1-14-4-9-17(18(20)22-14)15-5-7-16(8-6-15)19(24)21-10-13-23-11-2-3-12-23/h4-9H,2-3,10-13H2,1H3,(H2,20,22)(H,21,24). The Morgan fingerprint density at radius 3 is 2.54 bits per heavy atom. The van der Waals surface area contributed by atoms with Crippen LogP contribution >= 0.6 is 0 Å². The Morgan fingerprint density at radius 1 is 1.17 bits per heavy atom. The molecule has 0 unspecified atom stereocenters. The van der Waals surface area contributed by atoms with Crippen LogP contribution in [0.15, 0.2) is 36.4 Å². The number of rotatable bonds is 5. The third kappa shape index (κ3) is 3.92. The van der Waals surface area contributed by atoms with Gasteiger partial charge in [0, 0.05) is 29.9 Å². The van der Waals surface area contributed by atoms with Crippen molar-refractivity contribution in [2.24, 2.45) is 0 Å². The normalized spacial score (nSPS) is 14.7. The summed E-state index contributed by atoms with van der Waals surface area (Å²) in [4.78, 5) is 18.9. The van der Waals surface area contributed by atoms with Gasteiger partial charge in [-0.1, -0.05) is 12.1 Å². The summed E-state index contributed by atoms with van der Waals surface area (Å²) in [6.45, 7) is 5.83. The molecule has 1 aliphatic heterocycles. The molecule has 1 saturated heterocycles. The minimum atomic E-state index is -0.0317. The lowest BCUT2D eigenvalue weighted by Crippen LogP contribution is -2.33. The molecule has 5 heteroatoms. The number of aromatic nitrogens is 1. The van der Waals surface area contributed by atoms with Crippen LogP contribution < -0.4 is 11.1 Å². The Balaban J connectivity index is 1.60. The first kappa shape index (κ1) is 16.5. The zero-order valence-corrected chi connectivity index (χ0v) is 14.1. The van der Waals surface area contributed by atoms with E-state index in [4.69, 9.17) is 5.73 Å². The summed E-state index contributed by atoms with van der Waals surface area (Å²) in [6.07, 6.45) is 2.54. The molecule has 3 rings (SSSR count). The fraction of sp³-hybridized carbons (Fsp3) is 0.368. The van der Waals surface area contributed by atoms with Crippen LogP contribution in [0.4, 0.5) is 5.82 Å². The summed E-state index contributed by atoms with van der Waals surface area (Å²) >= 11 is 0. The molecule has 1 aliphatic rings. The maximum Gasteiger partial charge on any atom is 0.251 e. The van der Waals surface area contributed by atoms with Crippen molar-refractivity contribution in [3.05, 3.63) is 47.7 Å². The van der Waals surface area contributed by atoms with Crippen LogP contribution in [0.1, 0.15) is 28.9 Å². The molecule has 3 N–H and O–H groups in total. The van der Waals surface area contributed by atoms with Gasteiger partial charge in [-0.3, -0.25) is 4.79 Å². The van der Waals surface area contributed by atoms with Crippen LogP contribution in [-0.4, -0.2) is 42.0 Å². The molecule has 24 heavy (non-hydrogen) atoms. The molecule has 126 valence electrons. The van der Waals surface area contributed by atoms with E-state index in [2.05, 4.69) is 15.2 Å². The first-order valence-corrected chi connectivity index (χ1v) is 8.47. The van der Waals surface area contributed by atoms with Crippen molar-refractivity contribution in [1.82, 2.24) is 15.2 Å². The Labute approximate surface area is 142 Å². The van der Waals surface area contributed by atoms with Gasteiger partial charge in [0.05, 0.1) is 0 Å². The fourth-order valence-corrected chi connectivity index (χ4v) is 3.06. The molecular formula is C19H24N4O. The lowest BCUT2D eigenvalue weighted by molar-refractivity contribution is 0.0950. The van der Waals surface area contributed by atoms with Gasteiger partial charge in [0.2, 0.25) is 0 Å². The maximum atomic E-state index is 12.2. The van der Waals surface area contributed by atoms with Crippen LogP contribution in [0.3, 0.4) is 0 Å². The number of anilines is 1. The highest BCUT2D eigenvalue weighted by atomic mass is 16.1. The van der Waals surface area contributed by atoms with Gasteiger partial charge in [0.1, 0.15) is 5.82 Å². The number of likely N-dealkylation sites (tertiary alicyclic amines) is 1. The predicted octanol–water partition coefficient (Wildman–Crippen LogP) is 2.46. The zero-order chi connectivity index (χ0) is 16.9. The predicted molar refractivity (Wildman–Crippen MR) is 96.8 cm³/mol. The number of nitrogens with one attached hydrogen (secondary N) is 1. The van der Waals surface area contributed by atoms with Crippen molar-refractivity contribution < 1.29 is 4.79 Å². The van der Waals surface area contributed by atoms with Crippen LogP contribution in [-0.2, 0) is 0 Å². The van der Waals surface area contributed by atoms with Crippen LogP contribution in [0, 0.1) is 6.92 Å². The van der Waals surface area contributed by atoms with Gasteiger partial charge in [-0.25, -0.2) is 4.98 Å². The van der Waals surface area contributed by atoms with Gasteiger partial charge in [0.15, 0.2) is 0 Å². The Hall–Kier alpha value is -2.40. The summed E-state index contributed by atoms with van der Waals surface area (Å²) < 4.78 is 0. The van der Waals surface area contributed by atoms with E-state index >= 15 is 0 Å². The van der Waals surface area contributed by atoms with E-state index in [9.17, 15) is 4.79 Å². The number of aryl methyl sites for hydroxylation is 1. The largest absolute Gasteiger partial charge is 0.383 e. The second-order valence-corrected chi connectivity index (χ2v) is 6.27. The van der Waals surface area contributed by atoms with E-state index < -0.39 is 0 Å². The van der Waals surface area contributed by atoms with E-state index in [0.29, 0.717) is 17.9 Å². The monoisotopic (exact) mass is 324 g/mol. The summed E-state index contributed by atoms with van der Waals surface area (Å²) in [5, 5.41) is 2.99. The van der Waals surface area contributed by atoms with Gasteiger partial charge in [-0.05, 0) is 62.7 Å². The van der Waals surface area contributed by atoms with E-state index in [0.717, 1.165) is 36.5 Å². The van der Waals surface area contributed by atoms with Crippen molar-refractivity contribution in [1.29, 1.82) is 0 Å². The minimum Gasteiger partial charge on any atom is -0.383 e. The van der Waals surface area contributed by atoms with Crippen molar-refractivity contribution in [2.45, 2.75) is 19.8 Å². The molecule has 1 amide bonds. The smallest absolute Gasteiger partial charge is 0.251 e. The first-order valence-electron chi connectivity index (χ1n) is 8.47. The molecule has 0 aliphatic carbocycles. The number of nitrogens with zero attached hydrogens (tertiary/aromatic N) is 2. The number of amides is 1.